The van der Waals surface area contributed by atoms with Crippen molar-refractivity contribution in [3.8, 4) is 0 Å². The molecule has 3 atom stereocenters. The van der Waals surface area contributed by atoms with Gasteiger partial charge in [-0.1, -0.05) is 54.6 Å². The van der Waals surface area contributed by atoms with E-state index in [9.17, 15) is 19.5 Å². The molecule has 35 heavy (non-hydrogen) atoms. The van der Waals surface area contributed by atoms with Gasteiger partial charge in [-0.2, -0.15) is 0 Å². The number of rotatable bonds is 5. The number of carboxylic acids is 2. The molecule has 2 bridgehead atoms. The minimum atomic E-state index is -1.08. The first-order chi connectivity index (χ1) is 16.8. The maximum atomic E-state index is 12.9. The fourth-order valence-electron chi connectivity index (χ4n) is 6.15. The van der Waals surface area contributed by atoms with Crippen molar-refractivity contribution in [1.82, 2.24) is 4.90 Å². The van der Waals surface area contributed by atoms with Crippen molar-refractivity contribution in [3.63, 3.8) is 0 Å². The highest BCUT2D eigenvalue weighted by atomic mass is 16.4. The Labute approximate surface area is 205 Å². The molecule has 0 spiro atoms. The van der Waals surface area contributed by atoms with Gasteiger partial charge in [0.15, 0.2) is 0 Å². The van der Waals surface area contributed by atoms with Gasteiger partial charge in [0.05, 0.1) is 25.9 Å². The van der Waals surface area contributed by atoms with Crippen molar-refractivity contribution in [2.24, 2.45) is 5.92 Å². The van der Waals surface area contributed by atoms with Gasteiger partial charge >= 0.3 is 11.9 Å². The van der Waals surface area contributed by atoms with Crippen LogP contribution in [0.25, 0.3) is 0 Å². The predicted molar refractivity (Wildman–Crippen MR) is 126 cm³/mol. The highest BCUT2D eigenvalue weighted by molar-refractivity contribution is 5.75. The topological polar surface area (TPSA) is 118 Å². The van der Waals surface area contributed by atoms with Gasteiger partial charge in [0.1, 0.15) is 12.1 Å². The molecule has 4 heterocycles. The lowest BCUT2D eigenvalue weighted by atomic mass is 9.77. The number of fused-ring (bicyclic) bond motifs is 4. The van der Waals surface area contributed by atoms with Gasteiger partial charge in [0.25, 0.3) is 6.09 Å². The molecule has 3 unspecified atom stereocenters. The average molecular weight is 481 g/mol. The number of hydrogen-bond donors (Lipinski definition) is 2. The second-order valence-electron chi connectivity index (χ2n) is 9.67. The molecule has 0 aromatic heterocycles. The normalized spacial score (nSPS) is 28.8. The molecule has 8 heteroatoms. The van der Waals surface area contributed by atoms with Crippen LogP contribution in [0.15, 0.2) is 54.6 Å². The molecule has 2 aromatic carbocycles. The van der Waals surface area contributed by atoms with Crippen LogP contribution in [0.2, 0.25) is 0 Å². The molecule has 3 fully saturated rings. The number of carbonyl (C=O) groups excluding carboxylic acids is 1. The van der Waals surface area contributed by atoms with E-state index in [1.807, 2.05) is 24.3 Å². The van der Waals surface area contributed by atoms with Crippen LogP contribution in [0, 0.1) is 5.92 Å². The van der Waals surface area contributed by atoms with E-state index in [1.165, 1.54) is 5.56 Å². The lowest BCUT2D eigenvalue weighted by Gasteiger charge is -2.58. The summed E-state index contributed by atoms with van der Waals surface area (Å²) in [5, 5.41) is 28.7. The van der Waals surface area contributed by atoms with Crippen molar-refractivity contribution in [1.29, 1.82) is 0 Å². The molecule has 0 radical (unpaired) electrons. The van der Waals surface area contributed by atoms with Crippen molar-refractivity contribution < 1.29 is 34.2 Å². The van der Waals surface area contributed by atoms with Crippen molar-refractivity contribution >= 4 is 18.0 Å². The number of amides is 1. The summed E-state index contributed by atoms with van der Waals surface area (Å²) in [6.45, 7) is 3.72. The maximum Gasteiger partial charge on any atom is 0.303 e. The minimum absolute atomic E-state index is 0.0577. The number of piperidine rings is 3. The van der Waals surface area contributed by atoms with Crippen LogP contribution in [0.4, 0.5) is 4.79 Å². The summed E-state index contributed by atoms with van der Waals surface area (Å²) >= 11 is 0. The van der Waals surface area contributed by atoms with Gasteiger partial charge in [0.2, 0.25) is 0 Å². The minimum Gasteiger partial charge on any atom is -0.498 e. The van der Waals surface area contributed by atoms with Crippen molar-refractivity contribution in [3.05, 3.63) is 71.3 Å². The zero-order valence-electron chi connectivity index (χ0n) is 19.7. The monoisotopic (exact) mass is 480 g/mol. The fraction of sp³-hybridized carbons (Fsp3) is 0.444. The molecule has 6 rings (SSSR count). The van der Waals surface area contributed by atoms with E-state index in [1.54, 1.807) is 0 Å². The van der Waals surface area contributed by atoms with Gasteiger partial charge < -0.3 is 20.1 Å². The number of hydrogen-bond acceptors (Lipinski definition) is 5. The summed E-state index contributed by atoms with van der Waals surface area (Å²) < 4.78 is 0.0577. The fourth-order valence-corrected chi connectivity index (χ4v) is 6.15. The molecule has 0 saturated carbocycles. The van der Waals surface area contributed by atoms with Gasteiger partial charge in [-0.05, 0) is 31.5 Å². The first kappa shape index (κ1) is 24.9. The smallest absolute Gasteiger partial charge is 0.303 e. The van der Waals surface area contributed by atoms with Gasteiger partial charge in [-0.3, -0.25) is 19.0 Å². The molecule has 4 aliphatic rings. The van der Waals surface area contributed by atoms with Crippen LogP contribution in [0.3, 0.4) is 0 Å². The lowest BCUT2D eigenvalue weighted by Crippen LogP contribution is -2.73. The number of quaternary nitrogens is 1. The summed E-state index contributed by atoms with van der Waals surface area (Å²) in [6, 6.07) is 18.5. The van der Waals surface area contributed by atoms with Crippen LogP contribution in [-0.2, 0) is 16.0 Å². The standard InChI is InChI=1S/C23H26N2O2.C4H6O4/c26-23(27)25(21-16-24-13-10-18(21)11-14-24)15-12-17-6-4-5-9-20(17)22(25)19-7-2-1-3-8-19;5-3(6)1-2-4(7)8/h1-9,18,21-22H,10-16H2;1-2H2,(H,5,6)(H,7,8). The molecule has 8 nitrogen and oxygen atoms in total. The highest BCUT2D eigenvalue weighted by Gasteiger charge is 2.55. The number of benzene rings is 2. The number of aliphatic carboxylic acids is 2. The van der Waals surface area contributed by atoms with Crippen LogP contribution in [0.1, 0.15) is 48.4 Å². The third-order valence-corrected chi connectivity index (χ3v) is 7.78. The zero-order valence-corrected chi connectivity index (χ0v) is 19.7. The SMILES string of the molecule is O=C(O)CCC(=O)O.O=C([O-])[N+]1(C2CN3CCC2CC3)CCc2ccccc2C1c1ccccc1. The van der Waals surface area contributed by atoms with Gasteiger partial charge in [-0.25, -0.2) is 0 Å². The third-order valence-electron chi connectivity index (χ3n) is 7.78. The Kier molecular flexibility index (Phi) is 7.52. The lowest BCUT2D eigenvalue weighted by molar-refractivity contribution is -0.929. The maximum absolute atomic E-state index is 12.9. The predicted octanol–water partition coefficient (Wildman–Crippen LogP) is 2.52. The molecular formula is C27H32N2O6. The van der Waals surface area contributed by atoms with E-state index in [0.717, 1.165) is 50.0 Å². The highest BCUT2D eigenvalue weighted by Crippen LogP contribution is 2.47. The quantitative estimate of drug-likeness (QED) is 0.632. The van der Waals surface area contributed by atoms with E-state index in [2.05, 4.69) is 35.2 Å². The van der Waals surface area contributed by atoms with Crippen LogP contribution >= 0.6 is 0 Å². The third kappa shape index (κ3) is 5.09. The Morgan fingerprint density at radius 3 is 2.06 bits per heavy atom. The second-order valence-corrected chi connectivity index (χ2v) is 9.67. The molecule has 2 aromatic rings. The Hall–Kier alpha value is -3.23. The van der Waals surface area contributed by atoms with Crippen LogP contribution in [-0.4, -0.2) is 69.8 Å². The molecule has 4 aliphatic heterocycles. The van der Waals surface area contributed by atoms with Crippen LogP contribution in [0.5, 0.6) is 0 Å². The summed E-state index contributed by atoms with van der Waals surface area (Å²) in [4.78, 5) is 34.6. The summed E-state index contributed by atoms with van der Waals surface area (Å²) in [6.07, 6.45) is 1.53. The molecule has 2 N–H and O–H groups in total. The zero-order chi connectivity index (χ0) is 25.0. The molecule has 186 valence electrons. The largest absolute Gasteiger partial charge is 0.498 e. The van der Waals surface area contributed by atoms with E-state index >= 15 is 0 Å². The van der Waals surface area contributed by atoms with E-state index in [0.29, 0.717) is 12.5 Å². The molecule has 3 saturated heterocycles. The summed E-state index contributed by atoms with van der Waals surface area (Å²) in [5.74, 6) is -1.68. The Morgan fingerprint density at radius 2 is 1.51 bits per heavy atom. The molecular weight excluding hydrogens is 448 g/mol. The second kappa shape index (κ2) is 10.6. The Balaban J connectivity index is 0.000000314. The Bertz CT molecular complexity index is 1050. The van der Waals surface area contributed by atoms with E-state index in [4.69, 9.17) is 10.2 Å². The average Bonchev–Trinajstić information content (AvgIpc) is 2.88. The summed E-state index contributed by atoms with van der Waals surface area (Å²) in [5.41, 5.74) is 3.53. The number of carbonyl (C=O) groups is 3. The van der Waals surface area contributed by atoms with Gasteiger partial charge in [-0.15, -0.1) is 0 Å². The first-order valence-electron chi connectivity index (χ1n) is 12.2. The van der Waals surface area contributed by atoms with Crippen molar-refractivity contribution in [2.75, 3.05) is 26.2 Å². The summed E-state index contributed by atoms with van der Waals surface area (Å²) in [7, 11) is 0. The number of nitrogens with zero attached hydrogens (tertiary/aromatic N) is 2. The molecule has 0 aliphatic carbocycles. The Morgan fingerprint density at radius 1 is 0.914 bits per heavy atom. The van der Waals surface area contributed by atoms with E-state index in [-0.39, 0.29) is 29.4 Å². The van der Waals surface area contributed by atoms with Crippen molar-refractivity contribution in [2.45, 2.75) is 44.2 Å². The van der Waals surface area contributed by atoms with Gasteiger partial charge in [0, 0.05) is 23.5 Å². The number of carboxylic acid groups (broad SMARTS) is 3. The van der Waals surface area contributed by atoms with Crippen LogP contribution < -0.4 is 5.11 Å². The first-order valence-corrected chi connectivity index (χ1v) is 12.2. The molecule has 1 amide bonds. The van der Waals surface area contributed by atoms with E-state index < -0.39 is 18.0 Å².